The lowest BCUT2D eigenvalue weighted by molar-refractivity contribution is -0.122. The molecule has 1 aliphatic heterocycles. The van der Waals surface area contributed by atoms with Crippen LogP contribution in [0.1, 0.15) is 37.4 Å². The fraction of sp³-hybridized carbons (Fsp3) is 0.692. The second-order valence-corrected chi connectivity index (χ2v) is 5.51. The van der Waals surface area contributed by atoms with Gasteiger partial charge in [-0.15, -0.1) is 12.4 Å². The van der Waals surface area contributed by atoms with Crippen LogP contribution in [0, 0.1) is 6.92 Å². The Hall–Kier alpha value is -0.780. The van der Waals surface area contributed by atoms with Crippen molar-refractivity contribution in [2.24, 2.45) is 0 Å². The molecule has 114 valence electrons. The van der Waals surface area contributed by atoms with Crippen LogP contribution in [0.25, 0.3) is 0 Å². The van der Waals surface area contributed by atoms with E-state index in [2.05, 4.69) is 22.7 Å². The lowest BCUT2D eigenvalue weighted by Gasteiger charge is -2.28. The van der Waals surface area contributed by atoms with Crippen LogP contribution in [0.15, 0.2) is 4.52 Å². The highest BCUT2D eigenvalue weighted by molar-refractivity contribution is 6.29. The molecule has 0 bridgehead atoms. The van der Waals surface area contributed by atoms with Crippen molar-refractivity contribution in [1.29, 1.82) is 0 Å². The van der Waals surface area contributed by atoms with E-state index in [4.69, 9.17) is 16.1 Å². The highest BCUT2D eigenvalue weighted by atomic mass is 35.5. The average Bonchev–Trinajstić information content (AvgIpc) is 2.67. The van der Waals surface area contributed by atoms with Gasteiger partial charge in [-0.05, 0) is 51.3 Å². The molecule has 1 aromatic rings. The predicted molar refractivity (Wildman–Crippen MR) is 80.4 cm³/mol. The number of aromatic nitrogens is 1. The second kappa shape index (κ2) is 7.86. The van der Waals surface area contributed by atoms with Crippen LogP contribution in [0.5, 0.6) is 0 Å². The summed E-state index contributed by atoms with van der Waals surface area (Å²) >= 11 is 5.87. The minimum absolute atomic E-state index is 0. The van der Waals surface area contributed by atoms with E-state index in [1.54, 1.807) is 0 Å². The Morgan fingerprint density at radius 3 is 2.95 bits per heavy atom. The predicted octanol–water partition coefficient (Wildman–Crippen LogP) is 2.25. The van der Waals surface area contributed by atoms with Gasteiger partial charge >= 0.3 is 0 Å². The maximum absolute atomic E-state index is 11.9. The maximum atomic E-state index is 11.9. The van der Waals surface area contributed by atoms with Crippen LogP contribution in [-0.4, -0.2) is 29.7 Å². The highest BCUT2D eigenvalue weighted by Crippen LogP contribution is 2.20. The van der Waals surface area contributed by atoms with Gasteiger partial charge in [-0.3, -0.25) is 4.79 Å². The van der Waals surface area contributed by atoms with Crippen molar-refractivity contribution in [3.05, 3.63) is 16.5 Å². The summed E-state index contributed by atoms with van der Waals surface area (Å²) in [6.07, 6.45) is 2.96. The van der Waals surface area contributed by atoms with E-state index in [9.17, 15) is 4.79 Å². The van der Waals surface area contributed by atoms with Gasteiger partial charge in [-0.2, -0.15) is 0 Å². The van der Waals surface area contributed by atoms with Gasteiger partial charge in [-0.1, -0.05) is 5.16 Å². The molecule has 0 aromatic carbocycles. The fourth-order valence-electron chi connectivity index (χ4n) is 2.44. The molecular formula is C13H21Cl2N3O2. The number of carbonyl (C=O) groups excluding carboxylic acids is 1. The van der Waals surface area contributed by atoms with Crippen LogP contribution in [0.4, 0.5) is 0 Å². The fourth-order valence-corrected chi connectivity index (χ4v) is 2.71. The minimum Gasteiger partial charge on any atom is -0.353 e. The molecule has 2 N–H and O–H groups in total. The Morgan fingerprint density at radius 1 is 1.60 bits per heavy atom. The molecule has 2 unspecified atom stereocenters. The normalized spacial score (nSPS) is 22.1. The smallest absolute Gasteiger partial charge is 0.229 e. The van der Waals surface area contributed by atoms with E-state index >= 15 is 0 Å². The number of piperidine rings is 1. The Balaban J connectivity index is 0.00000200. The summed E-state index contributed by atoms with van der Waals surface area (Å²) in [5.74, 6) is 0.0655. The van der Waals surface area contributed by atoms with Crippen LogP contribution in [0.2, 0.25) is 5.22 Å². The Bertz CT molecular complexity index is 431. The molecule has 0 saturated carbocycles. The van der Waals surface area contributed by atoms with Crippen molar-refractivity contribution in [2.45, 2.75) is 51.6 Å². The number of hydrogen-bond donors (Lipinski definition) is 2. The molecule has 0 radical (unpaired) electrons. The number of carbonyl (C=O) groups is 1. The lowest BCUT2D eigenvalue weighted by atomic mass is 10.0. The number of aryl methyl sites for hydroxylation is 1. The first-order valence-corrected chi connectivity index (χ1v) is 7.07. The van der Waals surface area contributed by atoms with Crippen LogP contribution >= 0.6 is 24.0 Å². The zero-order valence-electron chi connectivity index (χ0n) is 11.7. The number of amides is 1. The monoisotopic (exact) mass is 321 g/mol. The van der Waals surface area contributed by atoms with Crippen LogP contribution in [0.3, 0.4) is 0 Å². The van der Waals surface area contributed by atoms with E-state index in [1.165, 1.54) is 0 Å². The van der Waals surface area contributed by atoms with Gasteiger partial charge < -0.3 is 15.2 Å². The summed E-state index contributed by atoms with van der Waals surface area (Å²) in [6.45, 7) is 4.93. The zero-order valence-corrected chi connectivity index (χ0v) is 13.3. The van der Waals surface area contributed by atoms with Crippen molar-refractivity contribution in [3.63, 3.8) is 0 Å². The number of rotatable bonds is 4. The summed E-state index contributed by atoms with van der Waals surface area (Å²) in [5.41, 5.74) is 1.59. The molecule has 1 amide bonds. The molecule has 2 atom stereocenters. The Labute approximate surface area is 130 Å². The van der Waals surface area contributed by atoms with Crippen molar-refractivity contribution in [2.75, 3.05) is 6.54 Å². The summed E-state index contributed by atoms with van der Waals surface area (Å²) in [4.78, 5) is 11.9. The SMILES string of the molecule is Cc1noc(Cl)c1CCC(=O)NC1CCNC(C)C1.Cl. The van der Waals surface area contributed by atoms with E-state index in [-0.39, 0.29) is 24.4 Å². The molecule has 20 heavy (non-hydrogen) atoms. The van der Waals surface area contributed by atoms with Crippen LogP contribution in [-0.2, 0) is 11.2 Å². The lowest BCUT2D eigenvalue weighted by Crippen LogP contribution is -2.46. The average molecular weight is 322 g/mol. The second-order valence-electron chi connectivity index (χ2n) is 5.16. The number of halogens is 2. The molecular weight excluding hydrogens is 301 g/mol. The summed E-state index contributed by atoms with van der Waals surface area (Å²) < 4.78 is 4.87. The van der Waals surface area contributed by atoms with Crippen molar-refractivity contribution in [1.82, 2.24) is 15.8 Å². The summed E-state index contributed by atoms with van der Waals surface area (Å²) in [7, 11) is 0. The first-order valence-electron chi connectivity index (χ1n) is 6.69. The van der Waals surface area contributed by atoms with E-state index in [1.807, 2.05) is 6.92 Å². The van der Waals surface area contributed by atoms with Crippen molar-refractivity contribution >= 4 is 29.9 Å². The largest absolute Gasteiger partial charge is 0.353 e. The van der Waals surface area contributed by atoms with Gasteiger partial charge in [0.2, 0.25) is 11.1 Å². The molecule has 0 spiro atoms. The topological polar surface area (TPSA) is 67.2 Å². The number of nitrogens with one attached hydrogen (secondary N) is 2. The number of hydrogen-bond acceptors (Lipinski definition) is 4. The van der Waals surface area contributed by atoms with E-state index in [0.717, 1.165) is 30.6 Å². The number of nitrogens with zero attached hydrogens (tertiary/aromatic N) is 1. The van der Waals surface area contributed by atoms with E-state index < -0.39 is 0 Å². The summed E-state index contributed by atoms with van der Waals surface area (Å²) in [5, 5.41) is 10.5. The first kappa shape index (κ1) is 17.3. The highest BCUT2D eigenvalue weighted by Gasteiger charge is 2.20. The molecule has 0 aliphatic carbocycles. The molecule has 2 rings (SSSR count). The molecule has 1 aromatic heterocycles. The van der Waals surface area contributed by atoms with Gasteiger partial charge in [0.15, 0.2) is 0 Å². The molecule has 1 saturated heterocycles. The molecule has 7 heteroatoms. The zero-order chi connectivity index (χ0) is 13.8. The standard InChI is InChI=1S/C13H20ClN3O2.ClH/c1-8-7-10(5-6-15-8)16-12(18)4-3-11-9(2)17-19-13(11)14;/h8,10,15H,3-7H2,1-2H3,(H,16,18);1H. The van der Waals surface area contributed by atoms with Crippen LogP contribution < -0.4 is 10.6 Å². The quantitative estimate of drug-likeness (QED) is 0.892. The minimum atomic E-state index is 0. The maximum Gasteiger partial charge on any atom is 0.229 e. The van der Waals surface area contributed by atoms with Gasteiger partial charge in [0.05, 0.1) is 5.69 Å². The molecule has 1 fully saturated rings. The Kier molecular flexibility index (Phi) is 6.79. The first-order chi connectivity index (χ1) is 9.06. The van der Waals surface area contributed by atoms with Gasteiger partial charge in [-0.25, -0.2) is 0 Å². The molecule has 1 aliphatic rings. The third-order valence-corrected chi connectivity index (χ3v) is 3.82. The summed E-state index contributed by atoms with van der Waals surface area (Å²) in [6, 6.07) is 0.747. The third-order valence-electron chi connectivity index (χ3n) is 3.53. The Morgan fingerprint density at radius 2 is 2.35 bits per heavy atom. The van der Waals surface area contributed by atoms with Gasteiger partial charge in [0.25, 0.3) is 0 Å². The van der Waals surface area contributed by atoms with Gasteiger partial charge in [0.1, 0.15) is 0 Å². The molecule has 2 heterocycles. The van der Waals surface area contributed by atoms with E-state index in [0.29, 0.717) is 24.1 Å². The van der Waals surface area contributed by atoms with Gasteiger partial charge in [0, 0.05) is 24.1 Å². The molecule has 5 nitrogen and oxygen atoms in total. The van der Waals surface area contributed by atoms with Crippen molar-refractivity contribution in [3.8, 4) is 0 Å². The third kappa shape index (κ3) is 4.65. The van der Waals surface area contributed by atoms with Crippen molar-refractivity contribution < 1.29 is 9.32 Å².